The number of alkyl halides is 8. The van der Waals surface area contributed by atoms with Crippen molar-refractivity contribution in [2.45, 2.75) is 67.4 Å². The molecule has 7 nitrogen and oxygen atoms in total. The van der Waals surface area contributed by atoms with Crippen molar-refractivity contribution in [3.63, 3.8) is 0 Å². The Morgan fingerprint density at radius 1 is 0.907 bits per heavy atom. The van der Waals surface area contributed by atoms with Crippen LogP contribution in [0.2, 0.25) is 5.02 Å². The van der Waals surface area contributed by atoms with Gasteiger partial charge >= 0.3 is 18.8 Å². The van der Waals surface area contributed by atoms with Gasteiger partial charge in [0.05, 0.1) is 10.6 Å². The fraction of sp³-hybridized carbons (Fsp3) is 0.444. The summed E-state index contributed by atoms with van der Waals surface area (Å²) >= 11 is 6.05. The Balaban J connectivity index is 0. The summed E-state index contributed by atoms with van der Waals surface area (Å²) in [6.45, 7) is 4.46. The predicted octanol–water partition coefficient (Wildman–Crippen LogP) is 8.37. The molecule has 0 fully saturated rings. The third-order valence-corrected chi connectivity index (χ3v) is 5.17. The number of anilines is 1. The van der Waals surface area contributed by atoms with Gasteiger partial charge in [0.15, 0.2) is 0 Å². The second-order valence-electron chi connectivity index (χ2n) is 8.04. The SMILES string of the molecule is CC.CC.CC(C)(C(=O)NCc1ccc(Cl)c(C(=O)Nc2ccc(OCC(F)F)c(C(=O)O)c2)c1)C(F)(F)F.FC(F)F. The number of hydrogen-bond acceptors (Lipinski definition) is 4. The number of nitrogens with one attached hydrogen (secondary N) is 2. The van der Waals surface area contributed by atoms with Gasteiger partial charge in [0.2, 0.25) is 5.91 Å². The first-order valence-corrected chi connectivity index (χ1v) is 12.9. The van der Waals surface area contributed by atoms with Crippen LogP contribution in [0.4, 0.5) is 40.8 Å². The molecular weight excluding hydrogens is 620 g/mol. The maximum Gasteiger partial charge on any atom is 0.402 e. The summed E-state index contributed by atoms with van der Waals surface area (Å²) in [6.07, 6.45) is -7.59. The van der Waals surface area contributed by atoms with Gasteiger partial charge in [0.25, 0.3) is 12.3 Å². The number of carbonyl (C=O) groups is 3. The molecule has 0 aliphatic carbocycles. The summed E-state index contributed by atoms with van der Waals surface area (Å²) in [5.74, 6) is -3.87. The molecular formula is C27H33ClF8N2O5. The number of amides is 2. The van der Waals surface area contributed by atoms with Crippen LogP contribution in [-0.4, -0.2) is 48.8 Å². The Labute approximate surface area is 248 Å². The normalized spacial score (nSPS) is 10.7. The van der Waals surface area contributed by atoms with E-state index in [2.05, 4.69) is 10.6 Å². The zero-order valence-corrected chi connectivity index (χ0v) is 24.8. The lowest BCUT2D eigenvalue weighted by molar-refractivity contribution is -0.211. The molecule has 2 aromatic rings. The standard InChI is InChI=1S/C22H20ClF5N2O5.2C2H6.CHF3/c1-21(2,22(26,27)28)20(34)29-9-11-3-5-15(23)13(7-11)18(31)30-12-4-6-16(35-10-17(24)25)14(8-12)19(32)33;2*1-2;2-1(3)4/h3-8,17H,9-10H2,1-2H3,(H,29,34)(H,30,31)(H,32,33);2*1-2H3;1H. The number of halogens is 9. The van der Waals surface area contributed by atoms with Gasteiger partial charge in [-0.2, -0.15) is 26.3 Å². The highest BCUT2D eigenvalue weighted by Crippen LogP contribution is 2.37. The number of ether oxygens (including phenoxy) is 1. The molecule has 2 aromatic carbocycles. The molecule has 244 valence electrons. The highest BCUT2D eigenvalue weighted by Gasteiger charge is 2.52. The zero-order valence-electron chi connectivity index (χ0n) is 24.0. The molecule has 2 amide bonds. The Hall–Kier alpha value is -3.62. The van der Waals surface area contributed by atoms with Crippen molar-refractivity contribution >= 4 is 35.1 Å². The van der Waals surface area contributed by atoms with Gasteiger partial charge < -0.3 is 20.5 Å². The van der Waals surface area contributed by atoms with Gasteiger partial charge in [-0.15, -0.1) is 0 Å². The Kier molecular flexibility index (Phi) is 18.9. The Morgan fingerprint density at radius 3 is 1.91 bits per heavy atom. The van der Waals surface area contributed by atoms with Crippen LogP contribution in [0, 0.1) is 5.41 Å². The first kappa shape index (κ1) is 41.5. The number of benzene rings is 2. The molecule has 0 atom stereocenters. The van der Waals surface area contributed by atoms with E-state index in [4.69, 9.17) is 16.3 Å². The largest absolute Gasteiger partial charge is 0.487 e. The minimum atomic E-state index is -4.77. The quantitative estimate of drug-likeness (QED) is 0.236. The number of carboxylic acid groups (broad SMARTS) is 1. The van der Waals surface area contributed by atoms with Crippen molar-refractivity contribution in [2.24, 2.45) is 5.41 Å². The van der Waals surface area contributed by atoms with E-state index in [1.165, 1.54) is 24.3 Å². The number of aromatic carboxylic acids is 1. The third-order valence-electron chi connectivity index (χ3n) is 4.84. The average molecular weight is 653 g/mol. The minimum absolute atomic E-state index is 0.0153. The lowest BCUT2D eigenvalue weighted by Gasteiger charge is -2.26. The third kappa shape index (κ3) is 14.4. The smallest absolute Gasteiger partial charge is 0.402 e. The number of rotatable bonds is 9. The topological polar surface area (TPSA) is 105 Å². The van der Waals surface area contributed by atoms with Crippen molar-refractivity contribution in [2.75, 3.05) is 11.9 Å². The average Bonchev–Trinajstić information content (AvgIpc) is 2.92. The van der Waals surface area contributed by atoms with E-state index in [1.54, 1.807) is 0 Å². The summed E-state index contributed by atoms with van der Waals surface area (Å²) in [7, 11) is 0. The number of hydrogen-bond donors (Lipinski definition) is 3. The Morgan fingerprint density at radius 2 is 1.44 bits per heavy atom. The predicted molar refractivity (Wildman–Crippen MR) is 146 cm³/mol. The summed E-state index contributed by atoms with van der Waals surface area (Å²) in [5, 5.41) is 13.8. The van der Waals surface area contributed by atoms with Crippen LogP contribution in [-0.2, 0) is 11.3 Å². The molecule has 16 heteroatoms. The fourth-order valence-corrected chi connectivity index (χ4v) is 2.84. The summed E-state index contributed by atoms with van der Waals surface area (Å²) in [6, 6.07) is 7.27. The van der Waals surface area contributed by atoms with E-state index in [0.717, 1.165) is 26.0 Å². The summed E-state index contributed by atoms with van der Waals surface area (Å²) < 4.78 is 97.5. The van der Waals surface area contributed by atoms with Gasteiger partial charge in [0.1, 0.15) is 23.3 Å². The molecule has 0 radical (unpaired) electrons. The van der Waals surface area contributed by atoms with E-state index in [9.17, 15) is 54.6 Å². The van der Waals surface area contributed by atoms with E-state index in [1.807, 2.05) is 27.7 Å². The van der Waals surface area contributed by atoms with Crippen LogP contribution < -0.4 is 15.4 Å². The summed E-state index contributed by atoms with van der Waals surface area (Å²) in [4.78, 5) is 36.1. The fourth-order valence-electron chi connectivity index (χ4n) is 2.64. The van der Waals surface area contributed by atoms with Gasteiger partial charge in [-0.05, 0) is 49.7 Å². The maximum absolute atomic E-state index is 13.0. The van der Waals surface area contributed by atoms with Crippen LogP contribution in [0.1, 0.15) is 67.8 Å². The van der Waals surface area contributed by atoms with Crippen molar-refractivity contribution in [1.29, 1.82) is 0 Å². The monoisotopic (exact) mass is 652 g/mol. The van der Waals surface area contributed by atoms with Gasteiger partial charge in [-0.1, -0.05) is 45.4 Å². The number of carbonyl (C=O) groups excluding carboxylic acids is 2. The first-order chi connectivity index (χ1) is 19.9. The molecule has 0 spiro atoms. The van der Waals surface area contributed by atoms with E-state index >= 15 is 0 Å². The van der Waals surface area contributed by atoms with Crippen molar-refractivity contribution in [3.8, 4) is 5.75 Å². The van der Waals surface area contributed by atoms with Gasteiger partial charge in [-0.3, -0.25) is 9.59 Å². The van der Waals surface area contributed by atoms with Crippen LogP contribution in [0.15, 0.2) is 36.4 Å². The molecule has 0 aliphatic rings. The molecule has 0 saturated heterocycles. The Bertz CT molecular complexity index is 1180. The van der Waals surface area contributed by atoms with E-state index in [0.29, 0.717) is 0 Å². The lowest BCUT2D eigenvalue weighted by atomic mass is 9.91. The van der Waals surface area contributed by atoms with Gasteiger partial charge in [0, 0.05) is 12.2 Å². The molecule has 0 aromatic heterocycles. The van der Waals surface area contributed by atoms with Crippen LogP contribution in [0.3, 0.4) is 0 Å². The molecule has 3 N–H and O–H groups in total. The molecule has 0 heterocycles. The molecule has 0 unspecified atom stereocenters. The minimum Gasteiger partial charge on any atom is -0.487 e. The van der Waals surface area contributed by atoms with Crippen LogP contribution in [0.25, 0.3) is 0 Å². The highest BCUT2D eigenvalue weighted by molar-refractivity contribution is 6.34. The first-order valence-electron chi connectivity index (χ1n) is 12.5. The molecule has 0 bridgehead atoms. The second kappa shape index (κ2) is 19.5. The lowest BCUT2D eigenvalue weighted by Crippen LogP contribution is -2.46. The molecule has 0 saturated carbocycles. The summed E-state index contributed by atoms with van der Waals surface area (Å²) in [5.41, 5.74) is -2.96. The molecule has 2 rings (SSSR count). The maximum atomic E-state index is 13.0. The molecule has 43 heavy (non-hydrogen) atoms. The highest BCUT2D eigenvalue weighted by atomic mass is 35.5. The van der Waals surface area contributed by atoms with Crippen LogP contribution in [0.5, 0.6) is 5.75 Å². The van der Waals surface area contributed by atoms with Crippen LogP contribution >= 0.6 is 11.6 Å². The van der Waals surface area contributed by atoms with Crippen molar-refractivity contribution in [1.82, 2.24) is 5.32 Å². The molecule has 0 aliphatic heterocycles. The van der Waals surface area contributed by atoms with E-state index < -0.39 is 54.6 Å². The van der Waals surface area contributed by atoms with Crippen molar-refractivity contribution in [3.05, 3.63) is 58.1 Å². The second-order valence-corrected chi connectivity index (χ2v) is 8.45. The van der Waals surface area contributed by atoms with Crippen molar-refractivity contribution < 1.29 is 59.4 Å². The van der Waals surface area contributed by atoms with Gasteiger partial charge in [-0.25, -0.2) is 13.6 Å². The van der Waals surface area contributed by atoms with E-state index in [-0.39, 0.29) is 34.1 Å². The zero-order chi connectivity index (χ0) is 34.1. The number of carboxylic acids is 1.